The molecule has 3 aromatic rings. The van der Waals surface area contributed by atoms with Gasteiger partial charge in [-0.1, -0.05) is 24.3 Å². The van der Waals surface area contributed by atoms with Gasteiger partial charge < -0.3 is 14.8 Å². The molecular formula is C23H21FN4O2. The first-order valence-corrected chi connectivity index (χ1v) is 9.69. The molecule has 2 heterocycles. The third kappa shape index (κ3) is 4.30. The maximum Gasteiger partial charge on any atom is 0.232 e. The lowest BCUT2D eigenvalue weighted by Crippen LogP contribution is -2.39. The first-order valence-electron chi connectivity index (χ1n) is 9.69. The second-order valence-corrected chi connectivity index (χ2v) is 7.03. The van der Waals surface area contributed by atoms with E-state index >= 15 is 0 Å². The summed E-state index contributed by atoms with van der Waals surface area (Å²) in [6.45, 7) is 2.35. The average Bonchev–Trinajstić information content (AvgIpc) is 2.80. The van der Waals surface area contributed by atoms with Crippen molar-refractivity contribution >= 4 is 0 Å². The summed E-state index contributed by atoms with van der Waals surface area (Å²) in [6, 6.07) is 12.5. The van der Waals surface area contributed by atoms with Crippen LogP contribution in [0.4, 0.5) is 4.39 Å². The molecule has 7 heteroatoms. The van der Waals surface area contributed by atoms with Crippen molar-refractivity contribution in [3.63, 3.8) is 0 Å². The maximum atomic E-state index is 14.3. The van der Waals surface area contributed by atoms with Crippen molar-refractivity contribution in [2.45, 2.75) is 12.5 Å². The van der Waals surface area contributed by atoms with Crippen LogP contribution in [0, 0.1) is 17.1 Å². The Kier molecular flexibility index (Phi) is 5.98. The summed E-state index contributed by atoms with van der Waals surface area (Å²) in [7, 11) is 1.53. The Labute approximate surface area is 174 Å². The second-order valence-electron chi connectivity index (χ2n) is 7.03. The number of halogens is 1. The summed E-state index contributed by atoms with van der Waals surface area (Å²) in [6.07, 6.45) is 4.02. The van der Waals surface area contributed by atoms with Crippen LogP contribution in [0.5, 0.6) is 5.88 Å². The van der Waals surface area contributed by atoms with E-state index in [0.717, 1.165) is 36.2 Å². The van der Waals surface area contributed by atoms with Gasteiger partial charge in [0.15, 0.2) is 0 Å². The zero-order valence-corrected chi connectivity index (χ0v) is 16.6. The van der Waals surface area contributed by atoms with Crippen molar-refractivity contribution in [3.05, 3.63) is 65.7 Å². The van der Waals surface area contributed by atoms with Crippen molar-refractivity contribution < 1.29 is 13.9 Å². The number of hydrogen-bond donors (Lipinski definition) is 1. The predicted molar refractivity (Wildman–Crippen MR) is 110 cm³/mol. The van der Waals surface area contributed by atoms with E-state index in [1.807, 2.05) is 24.3 Å². The lowest BCUT2D eigenvalue weighted by molar-refractivity contribution is 0.0292. The minimum atomic E-state index is -0.549. The van der Waals surface area contributed by atoms with Gasteiger partial charge in [0.2, 0.25) is 5.88 Å². The van der Waals surface area contributed by atoms with E-state index in [4.69, 9.17) is 14.7 Å². The number of nitriles is 1. The van der Waals surface area contributed by atoms with Crippen molar-refractivity contribution in [1.82, 2.24) is 15.3 Å². The van der Waals surface area contributed by atoms with Gasteiger partial charge >= 0.3 is 0 Å². The zero-order chi connectivity index (χ0) is 20.9. The molecule has 0 amide bonds. The van der Waals surface area contributed by atoms with Gasteiger partial charge in [0.25, 0.3) is 0 Å². The van der Waals surface area contributed by atoms with E-state index in [2.05, 4.69) is 15.3 Å². The highest BCUT2D eigenvalue weighted by molar-refractivity contribution is 5.82. The largest absolute Gasteiger partial charge is 0.480 e. The molecule has 1 aliphatic rings. The van der Waals surface area contributed by atoms with Gasteiger partial charge in [0.1, 0.15) is 11.9 Å². The van der Waals surface area contributed by atoms with Crippen molar-refractivity contribution in [2.75, 3.05) is 26.8 Å². The standard InChI is InChI=1S/C23H21FN4O2/c1-29-23-14-27-22(13-28-23)19-5-2-15(8-18-12-26-6-7-30-18)9-20(19)16-3-4-17(11-25)21(24)10-16/h2-5,9-10,13-14,18,26H,6-8,12H2,1H3. The summed E-state index contributed by atoms with van der Waals surface area (Å²) in [5.41, 5.74) is 4.05. The summed E-state index contributed by atoms with van der Waals surface area (Å²) < 4.78 is 25.3. The molecule has 4 rings (SSSR count). The summed E-state index contributed by atoms with van der Waals surface area (Å²) in [5, 5.41) is 12.4. The zero-order valence-electron chi connectivity index (χ0n) is 16.6. The molecule has 1 atom stereocenters. The topological polar surface area (TPSA) is 80.1 Å². The average molecular weight is 404 g/mol. The molecule has 1 N–H and O–H groups in total. The molecule has 2 aromatic carbocycles. The highest BCUT2D eigenvalue weighted by Gasteiger charge is 2.17. The number of methoxy groups -OCH3 is 1. The Bertz CT molecular complexity index is 1070. The number of hydrogen-bond acceptors (Lipinski definition) is 6. The fourth-order valence-electron chi connectivity index (χ4n) is 3.53. The van der Waals surface area contributed by atoms with Crippen molar-refractivity contribution in [2.24, 2.45) is 0 Å². The normalized spacial score (nSPS) is 16.1. The van der Waals surface area contributed by atoms with Gasteiger partial charge in [-0.3, -0.25) is 0 Å². The van der Waals surface area contributed by atoms with E-state index in [1.54, 1.807) is 18.5 Å². The molecule has 1 aliphatic heterocycles. The van der Waals surface area contributed by atoms with Gasteiger partial charge in [-0.2, -0.15) is 5.26 Å². The third-order valence-corrected chi connectivity index (χ3v) is 5.07. The van der Waals surface area contributed by atoms with Gasteiger partial charge in [0, 0.05) is 18.7 Å². The number of aromatic nitrogens is 2. The Morgan fingerprint density at radius 2 is 2.10 bits per heavy atom. The van der Waals surface area contributed by atoms with Crippen molar-refractivity contribution in [3.8, 4) is 34.3 Å². The number of nitrogens with zero attached hydrogens (tertiary/aromatic N) is 3. The Morgan fingerprint density at radius 1 is 1.20 bits per heavy atom. The van der Waals surface area contributed by atoms with E-state index in [0.29, 0.717) is 23.7 Å². The Hall–Kier alpha value is -3.34. The number of ether oxygens (including phenoxy) is 2. The van der Waals surface area contributed by atoms with Crippen LogP contribution >= 0.6 is 0 Å². The van der Waals surface area contributed by atoms with E-state index in [-0.39, 0.29) is 11.7 Å². The molecule has 1 fully saturated rings. The molecule has 30 heavy (non-hydrogen) atoms. The first-order chi connectivity index (χ1) is 14.7. The van der Waals surface area contributed by atoms with Gasteiger partial charge in [0.05, 0.1) is 43.5 Å². The molecule has 0 bridgehead atoms. The molecule has 6 nitrogen and oxygen atoms in total. The van der Waals surface area contributed by atoms with Crippen LogP contribution in [0.1, 0.15) is 11.1 Å². The molecule has 0 radical (unpaired) electrons. The Balaban J connectivity index is 1.76. The monoisotopic (exact) mass is 404 g/mol. The minimum Gasteiger partial charge on any atom is -0.480 e. The summed E-state index contributed by atoms with van der Waals surface area (Å²) in [4.78, 5) is 8.68. The lowest BCUT2D eigenvalue weighted by Gasteiger charge is -2.24. The molecular weight excluding hydrogens is 383 g/mol. The van der Waals surface area contributed by atoms with Gasteiger partial charge in [-0.05, 0) is 35.2 Å². The highest BCUT2D eigenvalue weighted by Crippen LogP contribution is 2.33. The lowest BCUT2D eigenvalue weighted by atomic mass is 9.93. The van der Waals surface area contributed by atoms with E-state index < -0.39 is 5.82 Å². The summed E-state index contributed by atoms with van der Waals surface area (Å²) >= 11 is 0. The summed E-state index contributed by atoms with van der Waals surface area (Å²) in [5.74, 6) is -0.129. The van der Waals surface area contributed by atoms with Gasteiger partial charge in [-0.25, -0.2) is 14.4 Å². The minimum absolute atomic E-state index is 0.0161. The molecule has 0 aliphatic carbocycles. The molecule has 1 aromatic heterocycles. The van der Waals surface area contributed by atoms with E-state index in [1.165, 1.54) is 19.2 Å². The second kappa shape index (κ2) is 8.99. The predicted octanol–water partition coefficient (Wildman–Crippen LogP) is 3.36. The molecule has 1 unspecified atom stereocenters. The van der Waals surface area contributed by atoms with Gasteiger partial charge in [-0.15, -0.1) is 0 Å². The maximum absolute atomic E-state index is 14.3. The third-order valence-electron chi connectivity index (χ3n) is 5.07. The van der Waals surface area contributed by atoms with Crippen LogP contribution in [-0.4, -0.2) is 42.9 Å². The molecule has 0 saturated carbocycles. The van der Waals surface area contributed by atoms with Crippen LogP contribution in [0.25, 0.3) is 22.4 Å². The van der Waals surface area contributed by atoms with Crippen LogP contribution in [0.15, 0.2) is 48.8 Å². The van der Waals surface area contributed by atoms with Crippen LogP contribution in [-0.2, 0) is 11.2 Å². The SMILES string of the molecule is COc1cnc(-c2ccc(CC3CNCCO3)cc2-c2ccc(C#N)c(F)c2)cn1. The fraction of sp³-hybridized carbons (Fsp3) is 0.261. The number of nitrogens with one attached hydrogen (secondary N) is 1. The Morgan fingerprint density at radius 3 is 2.77 bits per heavy atom. The number of morpholine rings is 1. The van der Waals surface area contributed by atoms with Crippen LogP contribution in [0.2, 0.25) is 0 Å². The first kappa shape index (κ1) is 20.0. The van der Waals surface area contributed by atoms with Crippen molar-refractivity contribution in [1.29, 1.82) is 5.26 Å². The quantitative estimate of drug-likeness (QED) is 0.702. The highest BCUT2D eigenvalue weighted by atomic mass is 19.1. The van der Waals surface area contributed by atoms with Crippen LogP contribution < -0.4 is 10.1 Å². The fourth-order valence-corrected chi connectivity index (χ4v) is 3.53. The molecule has 1 saturated heterocycles. The smallest absolute Gasteiger partial charge is 0.232 e. The van der Waals surface area contributed by atoms with E-state index in [9.17, 15) is 4.39 Å². The molecule has 152 valence electrons. The van der Waals surface area contributed by atoms with Crippen LogP contribution in [0.3, 0.4) is 0 Å². The number of rotatable bonds is 5. The number of benzene rings is 2. The molecule has 0 spiro atoms.